The number of rotatable bonds is 3. The summed E-state index contributed by atoms with van der Waals surface area (Å²) in [5.74, 6) is -0.638. The fraction of sp³-hybridized carbons (Fsp3) is 0.474. The second-order valence-corrected chi connectivity index (χ2v) is 9.11. The Balaban J connectivity index is 1.67. The van der Waals surface area contributed by atoms with Crippen molar-refractivity contribution in [2.45, 2.75) is 51.4 Å². The van der Waals surface area contributed by atoms with Gasteiger partial charge in [-0.25, -0.2) is 4.79 Å². The van der Waals surface area contributed by atoms with Gasteiger partial charge in [0.1, 0.15) is 0 Å². The third kappa shape index (κ3) is 3.78. The van der Waals surface area contributed by atoms with Gasteiger partial charge in [-0.1, -0.05) is 0 Å². The van der Waals surface area contributed by atoms with Crippen LogP contribution in [0.3, 0.4) is 0 Å². The molecule has 0 radical (unpaired) electrons. The van der Waals surface area contributed by atoms with E-state index >= 15 is 0 Å². The number of aromatic nitrogens is 1. The van der Waals surface area contributed by atoms with Crippen LogP contribution < -0.4 is 19.6 Å². The Bertz CT molecular complexity index is 1070. The summed E-state index contributed by atoms with van der Waals surface area (Å²) in [7, 11) is 0. The molecule has 1 N–H and O–H groups in total. The zero-order chi connectivity index (χ0) is 21.9. The van der Waals surface area contributed by atoms with Crippen molar-refractivity contribution in [2.75, 3.05) is 0 Å². The first-order valence-electron chi connectivity index (χ1n) is 9.22. The molecule has 1 aromatic carbocycles. The average molecular weight is 445 g/mol. The van der Waals surface area contributed by atoms with E-state index < -0.39 is 29.7 Å². The predicted octanol–water partition coefficient (Wildman–Crippen LogP) is 4.60. The van der Waals surface area contributed by atoms with E-state index in [9.17, 15) is 22.4 Å². The lowest BCUT2D eigenvalue weighted by atomic mass is 9.99. The molecule has 2 aromatic rings. The van der Waals surface area contributed by atoms with Gasteiger partial charge in [0, 0.05) is 22.7 Å². The lowest BCUT2D eigenvalue weighted by Crippen LogP contribution is -2.52. The molecule has 11 heteroatoms. The fourth-order valence-corrected chi connectivity index (χ4v) is 4.05. The smallest absolute Gasteiger partial charge is 0.421 e. The molecule has 30 heavy (non-hydrogen) atoms. The Labute approximate surface area is 173 Å². The van der Waals surface area contributed by atoms with Crippen molar-refractivity contribution in [2.24, 2.45) is 10.9 Å². The highest BCUT2D eigenvalue weighted by atomic mass is 32.1. The number of carbonyl (C=O) groups is 1. The van der Waals surface area contributed by atoms with Gasteiger partial charge in [0.15, 0.2) is 16.3 Å². The maximum absolute atomic E-state index is 13.5. The van der Waals surface area contributed by atoms with Crippen molar-refractivity contribution in [3.05, 3.63) is 34.1 Å². The minimum Gasteiger partial charge on any atom is -0.421 e. The average Bonchev–Trinajstić information content (AvgIpc) is 3.40. The molecule has 6 nitrogen and oxygen atoms in total. The molecule has 1 fully saturated rings. The van der Waals surface area contributed by atoms with Crippen LogP contribution in [0.2, 0.25) is 0 Å². The first-order valence-corrected chi connectivity index (χ1v) is 10.0. The second-order valence-electron chi connectivity index (χ2n) is 7.90. The number of nitrogens with one attached hydrogen (secondary N) is 1. The van der Waals surface area contributed by atoms with Gasteiger partial charge in [0.05, 0.1) is 5.69 Å². The molecule has 0 atom stereocenters. The normalized spacial score (nSPS) is 20.2. The molecule has 1 aromatic heterocycles. The Morgan fingerprint density at radius 1 is 1.20 bits per heavy atom. The number of halogens is 4. The summed E-state index contributed by atoms with van der Waals surface area (Å²) in [6.07, 6.45) is -5.84. The van der Waals surface area contributed by atoms with Crippen LogP contribution in [0, 0.1) is 12.8 Å². The van der Waals surface area contributed by atoms with Crippen molar-refractivity contribution >= 4 is 17.4 Å². The Morgan fingerprint density at radius 3 is 2.47 bits per heavy atom. The van der Waals surface area contributed by atoms with Gasteiger partial charge in [0.25, 0.3) is 0 Å². The Hall–Kier alpha value is -2.56. The number of nitrogens with zero attached hydrogens (tertiary/aromatic N) is 2. The number of thiazole rings is 1. The summed E-state index contributed by atoms with van der Waals surface area (Å²) in [6, 6.07) is 3.11. The third-order valence-corrected chi connectivity index (χ3v) is 5.91. The molecule has 2 amide bonds. The maximum Gasteiger partial charge on any atom is 0.507 e. The van der Waals surface area contributed by atoms with E-state index in [2.05, 4.69) is 19.8 Å². The lowest BCUT2D eigenvalue weighted by molar-refractivity contribution is -0.391. The highest BCUT2D eigenvalue weighted by Gasteiger charge is 2.65. The molecule has 0 unspecified atom stereocenters. The van der Waals surface area contributed by atoms with Gasteiger partial charge in [-0.2, -0.15) is 22.6 Å². The van der Waals surface area contributed by atoms with Crippen LogP contribution in [0.5, 0.6) is 11.5 Å². The number of alkyl halides is 4. The van der Waals surface area contributed by atoms with Crippen LogP contribution in [0.25, 0.3) is 5.69 Å². The van der Waals surface area contributed by atoms with Gasteiger partial charge in [-0.05, 0) is 51.7 Å². The molecular formula is C19H19F4N3O3S. The van der Waals surface area contributed by atoms with E-state index in [1.54, 1.807) is 13.1 Å². The van der Waals surface area contributed by atoms with E-state index in [0.29, 0.717) is 16.4 Å². The molecular weight excluding hydrogens is 426 g/mol. The molecule has 4 rings (SSSR count). The van der Waals surface area contributed by atoms with Crippen LogP contribution in [0.4, 0.5) is 22.4 Å². The molecule has 0 spiro atoms. The minimum absolute atomic E-state index is 0.297. The van der Waals surface area contributed by atoms with Crippen LogP contribution in [0.1, 0.15) is 31.6 Å². The summed E-state index contributed by atoms with van der Waals surface area (Å²) in [5.41, 5.74) is -0.0818. The van der Waals surface area contributed by atoms with Gasteiger partial charge < -0.3 is 14.8 Å². The summed E-state index contributed by atoms with van der Waals surface area (Å²) >= 11 is 1.22. The van der Waals surface area contributed by atoms with Crippen molar-refractivity contribution in [3.8, 4) is 17.2 Å². The molecule has 0 bridgehead atoms. The van der Waals surface area contributed by atoms with Crippen LogP contribution in [-0.4, -0.2) is 28.4 Å². The monoisotopic (exact) mass is 445 g/mol. The Morgan fingerprint density at radius 2 is 1.83 bits per heavy atom. The highest BCUT2D eigenvalue weighted by molar-refractivity contribution is 7.09. The summed E-state index contributed by atoms with van der Waals surface area (Å²) in [5, 5.41) is 2.88. The number of hydrogen-bond acceptors (Lipinski definition) is 4. The van der Waals surface area contributed by atoms with E-state index in [-0.39, 0.29) is 5.54 Å². The Kier molecular flexibility index (Phi) is 4.64. The molecule has 1 aliphatic heterocycles. The van der Waals surface area contributed by atoms with Crippen LogP contribution in [0.15, 0.2) is 29.4 Å². The van der Waals surface area contributed by atoms with Crippen LogP contribution in [-0.2, 0) is 0 Å². The van der Waals surface area contributed by atoms with Gasteiger partial charge in [-0.3, -0.25) is 4.57 Å². The van der Waals surface area contributed by atoms with Crippen molar-refractivity contribution < 1.29 is 31.8 Å². The second kappa shape index (κ2) is 6.73. The summed E-state index contributed by atoms with van der Waals surface area (Å²) in [6.45, 7) is 5.66. The maximum atomic E-state index is 13.5. The largest absolute Gasteiger partial charge is 0.507 e. The standard InChI is InChI=1S/C19H19F4N3O3S/c1-10-9-26(16(30-10)24-15(27)25-17(2,3)11-4-5-11)12-6-7-13-14(8-12)29-19(22,23)18(20,21)28-13/h6-9,11H,4-5H2,1-3H3,(H,25,27). The van der Waals surface area contributed by atoms with E-state index in [1.807, 2.05) is 13.8 Å². The molecule has 1 aliphatic carbocycles. The first kappa shape index (κ1) is 20.7. The zero-order valence-electron chi connectivity index (χ0n) is 16.3. The first-order chi connectivity index (χ1) is 13.9. The summed E-state index contributed by atoms with van der Waals surface area (Å²) < 4.78 is 63.5. The van der Waals surface area contributed by atoms with Crippen molar-refractivity contribution in [1.82, 2.24) is 9.88 Å². The fourth-order valence-electron chi connectivity index (χ4n) is 3.22. The number of hydrogen-bond donors (Lipinski definition) is 1. The number of amides is 2. The van der Waals surface area contributed by atoms with Gasteiger partial charge in [-0.15, -0.1) is 11.3 Å². The van der Waals surface area contributed by atoms with Gasteiger partial charge in [0.2, 0.25) is 0 Å². The molecule has 2 heterocycles. The van der Waals surface area contributed by atoms with E-state index in [0.717, 1.165) is 29.9 Å². The lowest BCUT2D eigenvalue weighted by Gasteiger charge is -2.31. The molecule has 162 valence electrons. The highest BCUT2D eigenvalue weighted by Crippen LogP contribution is 2.47. The molecule has 2 aliphatic rings. The van der Waals surface area contributed by atoms with E-state index in [1.165, 1.54) is 22.0 Å². The van der Waals surface area contributed by atoms with Crippen LogP contribution >= 0.6 is 11.3 Å². The molecule has 1 saturated carbocycles. The molecule has 0 saturated heterocycles. The van der Waals surface area contributed by atoms with Crippen molar-refractivity contribution in [3.63, 3.8) is 0 Å². The quantitative estimate of drug-likeness (QED) is 0.703. The number of ether oxygens (including phenoxy) is 2. The zero-order valence-corrected chi connectivity index (χ0v) is 17.2. The summed E-state index contributed by atoms with van der Waals surface area (Å²) in [4.78, 5) is 17.6. The minimum atomic E-state index is -4.81. The number of fused-ring (bicyclic) bond motifs is 1. The number of aryl methyl sites for hydroxylation is 1. The van der Waals surface area contributed by atoms with Gasteiger partial charge >= 0.3 is 18.2 Å². The SMILES string of the molecule is Cc1cn(-c2ccc3c(c2)OC(F)(F)C(F)(F)O3)c(=NC(=O)NC(C)(C)C2CC2)s1. The van der Waals surface area contributed by atoms with E-state index in [4.69, 9.17) is 0 Å². The number of benzene rings is 1. The van der Waals surface area contributed by atoms with Crippen molar-refractivity contribution in [1.29, 1.82) is 0 Å². The third-order valence-electron chi connectivity index (χ3n) is 5.01. The number of urea groups is 1. The topological polar surface area (TPSA) is 64.8 Å². The number of carbonyl (C=O) groups excluding carboxylic acids is 1. The predicted molar refractivity (Wildman–Crippen MR) is 100 cm³/mol.